The van der Waals surface area contributed by atoms with Crippen LogP contribution in [0.5, 0.6) is 0 Å². The lowest BCUT2D eigenvalue weighted by molar-refractivity contribution is -0.115. The van der Waals surface area contributed by atoms with E-state index in [1.807, 2.05) is 37.4 Å². The molecule has 0 saturated carbocycles. The smallest absolute Gasteiger partial charge is 0.228 e. The van der Waals surface area contributed by atoms with Gasteiger partial charge in [-0.25, -0.2) is 4.98 Å². The first-order chi connectivity index (χ1) is 10.7. The zero-order chi connectivity index (χ0) is 15.5. The van der Waals surface area contributed by atoms with Gasteiger partial charge < -0.3 is 15.4 Å². The number of hydrogen-bond acceptors (Lipinski definition) is 3. The van der Waals surface area contributed by atoms with E-state index < -0.39 is 0 Å². The summed E-state index contributed by atoms with van der Waals surface area (Å²) in [5.41, 5.74) is 4.16. The molecule has 22 heavy (non-hydrogen) atoms. The van der Waals surface area contributed by atoms with Gasteiger partial charge in [-0.1, -0.05) is 12.1 Å². The molecule has 0 radical (unpaired) electrons. The zero-order valence-electron chi connectivity index (χ0n) is 12.3. The number of aromatic nitrogens is 2. The van der Waals surface area contributed by atoms with Gasteiger partial charge in [0.25, 0.3) is 0 Å². The molecule has 0 aliphatic heterocycles. The highest BCUT2D eigenvalue weighted by molar-refractivity contribution is 5.95. The molecule has 0 aliphatic rings. The van der Waals surface area contributed by atoms with Crippen LogP contribution in [-0.2, 0) is 17.8 Å². The van der Waals surface area contributed by atoms with Gasteiger partial charge in [0, 0.05) is 23.5 Å². The third-order valence-electron chi connectivity index (χ3n) is 3.65. The molecule has 0 bridgehead atoms. The second kappa shape index (κ2) is 5.99. The summed E-state index contributed by atoms with van der Waals surface area (Å²) in [5, 5.41) is 13.0. The Morgan fingerprint density at radius 2 is 2.23 bits per heavy atom. The second-order valence-corrected chi connectivity index (χ2v) is 5.25. The molecule has 1 amide bonds. The van der Waals surface area contributed by atoms with Crippen LogP contribution in [0.15, 0.2) is 42.7 Å². The number of rotatable bonds is 4. The highest BCUT2D eigenvalue weighted by Gasteiger charge is 2.10. The number of aromatic amines is 1. The topological polar surface area (TPSA) is 78.0 Å². The monoisotopic (exact) mass is 295 g/mol. The summed E-state index contributed by atoms with van der Waals surface area (Å²) in [6.45, 7) is 1.88. The molecule has 0 spiro atoms. The van der Waals surface area contributed by atoms with Crippen molar-refractivity contribution in [3.8, 4) is 0 Å². The number of aliphatic hydroxyl groups excluding tert-OH is 1. The largest absolute Gasteiger partial charge is 0.392 e. The van der Waals surface area contributed by atoms with Crippen molar-refractivity contribution in [3.05, 3.63) is 59.4 Å². The molecule has 1 aromatic carbocycles. The van der Waals surface area contributed by atoms with E-state index in [-0.39, 0.29) is 18.9 Å². The highest BCUT2D eigenvalue weighted by Crippen LogP contribution is 2.19. The van der Waals surface area contributed by atoms with Gasteiger partial charge in [-0.15, -0.1) is 0 Å². The summed E-state index contributed by atoms with van der Waals surface area (Å²) in [5.74, 6) is -0.0945. The fourth-order valence-corrected chi connectivity index (χ4v) is 2.43. The average molecular weight is 295 g/mol. The number of nitrogens with one attached hydrogen (secondary N) is 2. The summed E-state index contributed by atoms with van der Waals surface area (Å²) in [6, 6.07) is 9.32. The molecular weight excluding hydrogens is 278 g/mol. The number of anilines is 1. The minimum Gasteiger partial charge on any atom is -0.392 e. The Balaban J connectivity index is 1.78. The molecule has 5 nitrogen and oxygen atoms in total. The first kappa shape index (κ1) is 14.3. The summed E-state index contributed by atoms with van der Waals surface area (Å²) in [7, 11) is 0. The van der Waals surface area contributed by atoms with Crippen molar-refractivity contribution in [3.63, 3.8) is 0 Å². The molecule has 3 aromatic rings. The van der Waals surface area contributed by atoms with E-state index in [1.165, 1.54) is 0 Å². The Hall–Kier alpha value is -2.66. The molecule has 0 fully saturated rings. The minimum atomic E-state index is -0.0945. The molecule has 0 aliphatic carbocycles. The van der Waals surface area contributed by atoms with Crippen LogP contribution >= 0.6 is 0 Å². The van der Waals surface area contributed by atoms with Crippen molar-refractivity contribution < 1.29 is 9.90 Å². The number of aryl methyl sites for hydroxylation is 1. The van der Waals surface area contributed by atoms with Gasteiger partial charge in [-0.05, 0) is 41.8 Å². The predicted octanol–water partition coefficient (Wildman–Crippen LogP) is 2.54. The third kappa shape index (κ3) is 2.84. The maximum Gasteiger partial charge on any atom is 0.228 e. The summed E-state index contributed by atoms with van der Waals surface area (Å²) in [6.07, 6.45) is 3.80. The van der Waals surface area contributed by atoms with Gasteiger partial charge in [0.1, 0.15) is 5.65 Å². The van der Waals surface area contributed by atoms with E-state index in [4.69, 9.17) is 0 Å². The van der Waals surface area contributed by atoms with Crippen molar-refractivity contribution in [2.24, 2.45) is 0 Å². The molecule has 112 valence electrons. The Labute approximate surface area is 128 Å². The fourth-order valence-electron chi connectivity index (χ4n) is 2.43. The van der Waals surface area contributed by atoms with Gasteiger partial charge in [-0.3, -0.25) is 4.79 Å². The molecule has 2 aromatic heterocycles. The van der Waals surface area contributed by atoms with Gasteiger partial charge in [0.15, 0.2) is 0 Å². The van der Waals surface area contributed by atoms with Crippen LogP contribution in [0.1, 0.15) is 16.7 Å². The van der Waals surface area contributed by atoms with Crippen LogP contribution in [0.3, 0.4) is 0 Å². The number of benzene rings is 1. The molecule has 3 N–H and O–H groups in total. The maximum atomic E-state index is 12.3. The van der Waals surface area contributed by atoms with Crippen LogP contribution in [0.2, 0.25) is 0 Å². The first-order valence-corrected chi connectivity index (χ1v) is 7.08. The molecule has 0 atom stereocenters. The lowest BCUT2D eigenvalue weighted by Gasteiger charge is -2.09. The summed E-state index contributed by atoms with van der Waals surface area (Å²) in [4.78, 5) is 19.5. The predicted molar refractivity (Wildman–Crippen MR) is 85.5 cm³/mol. The van der Waals surface area contributed by atoms with Crippen molar-refractivity contribution in [1.82, 2.24) is 9.97 Å². The van der Waals surface area contributed by atoms with Crippen molar-refractivity contribution in [2.45, 2.75) is 20.0 Å². The summed E-state index contributed by atoms with van der Waals surface area (Å²) >= 11 is 0. The van der Waals surface area contributed by atoms with E-state index in [0.29, 0.717) is 0 Å². The number of nitrogens with zero attached hydrogens (tertiary/aromatic N) is 1. The Morgan fingerprint density at radius 1 is 1.36 bits per heavy atom. The van der Waals surface area contributed by atoms with E-state index in [2.05, 4.69) is 15.3 Å². The van der Waals surface area contributed by atoms with Crippen molar-refractivity contribution in [2.75, 3.05) is 5.32 Å². The lowest BCUT2D eigenvalue weighted by Crippen LogP contribution is -2.15. The Morgan fingerprint density at radius 3 is 3.05 bits per heavy atom. The highest BCUT2D eigenvalue weighted by atomic mass is 16.3. The van der Waals surface area contributed by atoms with E-state index >= 15 is 0 Å². The number of amides is 1. The standard InChI is InChI=1S/C17H17N3O2/c1-11-4-5-12(10-21)7-15(11)20-16(22)8-13-9-19-17-14(13)3-2-6-18-17/h2-7,9,21H,8,10H2,1H3,(H,18,19)(H,20,22). The third-order valence-corrected chi connectivity index (χ3v) is 3.65. The number of pyridine rings is 1. The Bertz CT molecular complexity index is 824. The minimum absolute atomic E-state index is 0.0444. The van der Waals surface area contributed by atoms with Gasteiger partial charge in [0.05, 0.1) is 13.0 Å². The Kier molecular flexibility index (Phi) is 3.89. The van der Waals surface area contributed by atoms with Crippen LogP contribution in [-0.4, -0.2) is 21.0 Å². The summed E-state index contributed by atoms with van der Waals surface area (Å²) < 4.78 is 0. The molecule has 0 unspecified atom stereocenters. The SMILES string of the molecule is Cc1ccc(CO)cc1NC(=O)Cc1c[nH]c2ncccc12. The lowest BCUT2D eigenvalue weighted by atomic mass is 10.1. The molecule has 2 heterocycles. The van der Waals surface area contributed by atoms with Crippen LogP contribution in [0.4, 0.5) is 5.69 Å². The number of H-pyrrole nitrogens is 1. The maximum absolute atomic E-state index is 12.3. The number of carbonyl (C=O) groups excluding carboxylic acids is 1. The molecule has 3 rings (SSSR count). The molecule has 0 saturated heterocycles. The van der Waals surface area contributed by atoms with Crippen LogP contribution < -0.4 is 5.32 Å². The van der Waals surface area contributed by atoms with E-state index in [9.17, 15) is 9.90 Å². The average Bonchev–Trinajstić information content (AvgIpc) is 2.93. The second-order valence-electron chi connectivity index (χ2n) is 5.25. The number of aliphatic hydroxyl groups is 1. The fraction of sp³-hybridized carbons (Fsp3) is 0.176. The molecule has 5 heteroatoms. The van der Waals surface area contributed by atoms with Gasteiger partial charge in [0.2, 0.25) is 5.91 Å². The van der Waals surface area contributed by atoms with Crippen LogP contribution in [0, 0.1) is 6.92 Å². The van der Waals surface area contributed by atoms with E-state index in [1.54, 1.807) is 12.3 Å². The van der Waals surface area contributed by atoms with Crippen molar-refractivity contribution in [1.29, 1.82) is 0 Å². The first-order valence-electron chi connectivity index (χ1n) is 7.08. The van der Waals surface area contributed by atoms with Gasteiger partial charge >= 0.3 is 0 Å². The zero-order valence-corrected chi connectivity index (χ0v) is 12.3. The number of fused-ring (bicyclic) bond motifs is 1. The number of hydrogen-bond donors (Lipinski definition) is 3. The van der Waals surface area contributed by atoms with Crippen molar-refractivity contribution >= 4 is 22.6 Å². The number of carbonyl (C=O) groups is 1. The quantitative estimate of drug-likeness (QED) is 0.692. The molecular formula is C17H17N3O2. The normalized spacial score (nSPS) is 10.8. The van der Waals surface area contributed by atoms with Gasteiger partial charge in [-0.2, -0.15) is 0 Å². The van der Waals surface area contributed by atoms with E-state index in [0.717, 1.165) is 33.4 Å². The van der Waals surface area contributed by atoms with Crippen LogP contribution in [0.25, 0.3) is 11.0 Å².